The van der Waals surface area contributed by atoms with Crippen LogP contribution >= 0.6 is 0 Å². The van der Waals surface area contributed by atoms with Gasteiger partial charge in [0.1, 0.15) is 11.3 Å². The normalized spacial score (nSPS) is 11.4. The van der Waals surface area contributed by atoms with Gasteiger partial charge in [-0.1, -0.05) is 49.2 Å². The van der Waals surface area contributed by atoms with Crippen LogP contribution in [0.4, 0.5) is 31.9 Å². The first kappa shape index (κ1) is 38.3. The highest BCUT2D eigenvalue weighted by atomic mass is 19.1. The zero-order chi connectivity index (χ0) is 40.2. The largest absolute Gasteiger partial charge is 0.627 e. The van der Waals surface area contributed by atoms with E-state index in [1.165, 1.54) is 18.3 Å². The number of aromatic carboxylic acids is 1. The number of fused-ring (bicyclic) bond motifs is 3. The molecule has 0 unspecified atom stereocenters. The molecule has 57 heavy (non-hydrogen) atoms. The molecule has 6 N–H and O–H groups in total. The SMILES string of the molecule is O=C(NCCCCCCNc1nc(Nc2ccc3ccccc3c2)ncc1[NH+]([O-])[O-])c1ccc(-c2c3cc(F)c(=O)cc-3oc3cc(O)c(F)cc23)c(C(=O)O)c1. The summed E-state index contributed by atoms with van der Waals surface area (Å²) in [6.07, 6.45) is 3.86. The Morgan fingerprint density at radius 2 is 1.61 bits per heavy atom. The molecule has 0 spiro atoms. The molecular weight excluding hydrogens is 742 g/mol. The molecule has 0 fully saturated rings. The maximum Gasteiger partial charge on any atom is 0.336 e. The Hall–Kier alpha value is -7.01. The molecule has 0 atom stereocenters. The Bertz CT molecular complexity index is 2690. The van der Waals surface area contributed by atoms with Crippen molar-refractivity contribution < 1.29 is 38.2 Å². The van der Waals surface area contributed by atoms with Crippen molar-refractivity contribution in [3.63, 3.8) is 0 Å². The number of aromatic nitrogens is 2. The molecule has 2 aliphatic rings. The lowest BCUT2D eigenvalue weighted by molar-refractivity contribution is -0.714. The Morgan fingerprint density at radius 1 is 0.842 bits per heavy atom. The average molecular weight is 776 g/mol. The lowest BCUT2D eigenvalue weighted by Crippen LogP contribution is -2.96. The van der Waals surface area contributed by atoms with Crippen LogP contribution in [0, 0.1) is 22.0 Å². The number of benzene rings is 5. The Kier molecular flexibility index (Phi) is 11.0. The zero-order valence-corrected chi connectivity index (χ0v) is 29.9. The second-order valence-electron chi connectivity index (χ2n) is 13.1. The smallest absolute Gasteiger partial charge is 0.336 e. The predicted molar refractivity (Wildman–Crippen MR) is 209 cm³/mol. The summed E-state index contributed by atoms with van der Waals surface area (Å²) in [4.78, 5) is 46.1. The first-order valence-electron chi connectivity index (χ1n) is 17.8. The quantitative estimate of drug-likeness (QED) is 0.0380. The van der Waals surface area contributed by atoms with Crippen LogP contribution in [-0.2, 0) is 0 Å². The van der Waals surface area contributed by atoms with Crippen molar-refractivity contribution in [3.8, 4) is 28.2 Å². The Morgan fingerprint density at radius 3 is 2.39 bits per heavy atom. The van der Waals surface area contributed by atoms with E-state index in [0.29, 0.717) is 25.8 Å². The molecule has 290 valence electrons. The van der Waals surface area contributed by atoms with E-state index in [9.17, 15) is 43.8 Å². The van der Waals surface area contributed by atoms with Gasteiger partial charge in [0.2, 0.25) is 11.4 Å². The van der Waals surface area contributed by atoms with Gasteiger partial charge >= 0.3 is 5.97 Å². The summed E-state index contributed by atoms with van der Waals surface area (Å²) in [7, 11) is 0. The monoisotopic (exact) mass is 775 g/mol. The molecule has 0 saturated carbocycles. The highest BCUT2D eigenvalue weighted by Crippen LogP contribution is 2.43. The molecule has 1 aromatic heterocycles. The summed E-state index contributed by atoms with van der Waals surface area (Å²) >= 11 is 0. The van der Waals surface area contributed by atoms with Gasteiger partial charge in [-0.05, 0) is 65.6 Å². The van der Waals surface area contributed by atoms with E-state index >= 15 is 0 Å². The molecule has 4 aromatic carbocycles. The lowest BCUT2D eigenvalue weighted by atomic mass is 9.89. The van der Waals surface area contributed by atoms with Gasteiger partial charge in [0.15, 0.2) is 28.9 Å². The summed E-state index contributed by atoms with van der Waals surface area (Å²) in [5.74, 6) is -4.71. The van der Waals surface area contributed by atoms with Crippen LogP contribution in [0.5, 0.6) is 5.75 Å². The third-order valence-corrected chi connectivity index (χ3v) is 9.32. The first-order valence-corrected chi connectivity index (χ1v) is 17.8. The van der Waals surface area contributed by atoms with E-state index in [-0.39, 0.29) is 68.5 Å². The minimum Gasteiger partial charge on any atom is -0.627 e. The van der Waals surface area contributed by atoms with Crippen LogP contribution in [0.3, 0.4) is 0 Å². The fourth-order valence-corrected chi connectivity index (χ4v) is 6.51. The number of nitrogens with zero attached hydrogens (tertiary/aromatic N) is 2. The van der Waals surface area contributed by atoms with Crippen LogP contribution in [0.2, 0.25) is 0 Å². The van der Waals surface area contributed by atoms with Crippen LogP contribution in [-0.4, -0.2) is 45.1 Å². The van der Waals surface area contributed by atoms with Gasteiger partial charge in [-0.25, -0.2) is 18.6 Å². The maximum absolute atomic E-state index is 14.6. The number of carboxylic acids is 1. The van der Waals surface area contributed by atoms with Crippen LogP contribution in [0.25, 0.3) is 44.2 Å². The third-order valence-electron chi connectivity index (χ3n) is 9.32. The molecule has 1 aliphatic carbocycles. The molecule has 14 nitrogen and oxygen atoms in total. The molecular formula is C41H33F2N6O8-. The van der Waals surface area contributed by atoms with Crippen molar-refractivity contribution in [2.45, 2.75) is 25.7 Å². The number of hydrogen-bond acceptors (Lipinski definition) is 11. The summed E-state index contributed by atoms with van der Waals surface area (Å²) in [5, 5.41) is 53.1. The van der Waals surface area contributed by atoms with E-state index in [0.717, 1.165) is 53.2 Å². The third kappa shape index (κ3) is 8.33. The Labute approximate surface area is 321 Å². The van der Waals surface area contributed by atoms with Gasteiger partial charge in [-0.3, -0.25) is 9.59 Å². The maximum atomic E-state index is 14.6. The number of halogens is 2. The zero-order valence-electron chi connectivity index (χ0n) is 29.9. The highest BCUT2D eigenvalue weighted by Gasteiger charge is 2.25. The van der Waals surface area contributed by atoms with E-state index in [1.807, 2.05) is 42.5 Å². The second-order valence-corrected chi connectivity index (χ2v) is 13.1. The van der Waals surface area contributed by atoms with Crippen molar-refractivity contribution in [2.75, 3.05) is 23.7 Å². The standard InChI is InChI=1S/C41H33F2N6O8/c42-30-17-28-35(19-33(30)50)57-36-20-34(51)31(43)18-29(36)37(28)26-12-10-24(16-27(26)40(53)54)39(52)45-14-6-2-1-5-13-44-38-32(49(55)56)21-46-41(48-38)47-25-11-9-22-7-3-4-8-23(22)15-25/h3-4,7-12,15-21,49-50H,1-2,5-6,13-14H2,(H,45,52)(H,53,54)(H2,44,46,47,48)/q-1. The number of phenols is 1. The molecule has 7 rings (SSSR count). The summed E-state index contributed by atoms with van der Waals surface area (Å²) < 4.78 is 34.7. The second kappa shape index (κ2) is 16.4. The molecule has 1 aliphatic heterocycles. The molecule has 5 aromatic rings. The van der Waals surface area contributed by atoms with Crippen LogP contribution in [0.1, 0.15) is 46.4 Å². The molecule has 1 amide bonds. The van der Waals surface area contributed by atoms with Gasteiger partial charge in [-0.2, -0.15) is 4.98 Å². The number of hydrogen-bond donors (Lipinski definition) is 6. The van der Waals surface area contributed by atoms with Crippen molar-refractivity contribution in [2.24, 2.45) is 0 Å². The predicted octanol–water partition coefficient (Wildman–Crippen LogP) is 6.85. The summed E-state index contributed by atoms with van der Waals surface area (Å²) in [6, 6.07) is 21.1. The molecule has 0 bridgehead atoms. The molecule has 0 saturated heterocycles. The van der Waals surface area contributed by atoms with E-state index in [2.05, 4.69) is 25.9 Å². The number of carbonyl (C=O) groups excluding carboxylic acids is 1. The number of rotatable bonds is 14. The van der Waals surface area contributed by atoms with Gasteiger partial charge in [0.05, 0.1) is 11.8 Å². The van der Waals surface area contributed by atoms with E-state index in [1.54, 1.807) is 0 Å². The van der Waals surface area contributed by atoms with E-state index in [4.69, 9.17) is 4.42 Å². The van der Waals surface area contributed by atoms with Gasteiger partial charge in [-0.15, -0.1) is 0 Å². The Balaban J connectivity index is 0.958. The highest BCUT2D eigenvalue weighted by molar-refractivity contribution is 6.09. The topological polar surface area (TPSA) is 217 Å². The molecule has 16 heteroatoms. The molecule has 2 heterocycles. The van der Waals surface area contributed by atoms with Gasteiger partial charge in [0, 0.05) is 53.0 Å². The van der Waals surface area contributed by atoms with Crippen LogP contribution < -0.4 is 26.6 Å². The summed E-state index contributed by atoms with van der Waals surface area (Å²) in [5.41, 5.74) is -0.855. The fraction of sp³-hybridized carbons (Fsp3) is 0.146. The number of anilines is 3. The fourth-order valence-electron chi connectivity index (χ4n) is 6.51. The van der Waals surface area contributed by atoms with Crippen LogP contribution in [0.15, 0.2) is 100 Å². The number of quaternary nitrogens is 1. The number of unbranched alkanes of at least 4 members (excludes halogenated alkanes) is 3. The number of phenolic OH excluding ortho intramolecular Hbond substituents is 1. The first-order chi connectivity index (χ1) is 27.5. The average Bonchev–Trinajstić information content (AvgIpc) is 3.19. The van der Waals surface area contributed by atoms with Crippen molar-refractivity contribution in [1.29, 1.82) is 0 Å². The molecule has 0 radical (unpaired) electrons. The minimum absolute atomic E-state index is 0.000796. The summed E-state index contributed by atoms with van der Waals surface area (Å²) in [6.45, 7) is 0.679. The minimum atomic E-state index is -1.43. The lowest BCUT2D eigenvalue weighted by Gasteiger charge is -2.26. The van der Waals surface area contributed by atoms with Gasteiger partial charge in [0.25, 0.3) is 5.91 Å². The number of nitrogens with one attached hydrogen (secondary N) is 4. The number of amides is 1. The van der Waals surface area contributed by atoms with Crippen molar-refractivity contribution in [3.05, 3.63) is 135 Å². The van der Waals surface area contributed by atoms with E-state index < -0.39 is 39.9 Å². The number of carboxylic acid groups (broad SMARTS) is 1. The van der Waals surface area contributed by atoms with Crippen molar-refractivity contribution >= 4 is 56.8 Å². The van der Waals surface area contributed by atoms with Crippen molar-refractivity contribution in [1.82, 2.24) is 15.3 Å². The number of carbonyl (C=O) groups is 2. The number of aromatic hydroxyl groups is 1. The van der Waals surface area contributed by atoms with Gasteiger partial charge < -0.3 is 46.2 Å².